The Morgan fingerprint density at radius 2 is 2.50 bits per heavy atom. The molecule has 1 aliphatic heterocycles. The van der Waals surface area contributed by atoms with Crippen LogP contribution in [0.3, 0.4) is 0 Å². The molecule has 0 N–H and O–H groups in total. The van der Waals surface area contributed by atoms with Crippen LogP contribution in [0.5, 0.6) is 0 Å². The number of ether oxygens (including phenoxy) is 1. The van der Waals surface area contributed by atoms with Gasteiger partial charge in [-0.1, -0.05) is 6.07 Å². The van der Waals surface area contributed by atoms with Crippen LogP contribution in [-0.4, -0.2) is 11.6 Å². The van der Waals surface area contributed by atoms with E-state index in [-0.39, 0.29) is 0 Å². The highest BCUT2D eigenvalue weighted by atomic mass is 16.6. The molecule has 0 radical (unpaired) electrons. The van der Waals surface area contributed by atoms with Crippen molar-refractivity contribution >= 4 is 0 Å². The third kappa shape index (κ3) is 0.907. The Hall–Kier alpha value is -0.890. The monoisotopic (exact) mass is 135 g/mol. The molecule has 0 spiro atoms. The minimum Gasteiger partial charge on any atom is -0.368 e. The topological polar surface area (TPSA) is 25.4 Å². The molecule has 0 aliphatic carbocycles. The van der Waals surface area contributed by atoms with E-state index in [0.29, 0.717) is 6.10 Å². The Bertz CT molecular complexity index is 243. The fourth-order valence-electron chi connectivity index (χ4n) is 1.06. The second-order valence-electron chi connectivity index (χ2n) is 2.50. The summed E-state index contributed by atoms with van der Waals surface area (Å²) in [6.07, 6.45) is 2.15. The number of nitrogens with zero attached hydrogens (tertiary/aromatic N) is 1. The fraction of sp³-hybridized carbons (Fsp3) is 0.375. The Labute approximate surface area is 59.9 Å². The molecule has 1 atom stereocenters. The molecule has 0 saturated carbocycles. The Morgan fingerprint density at radius 1 is 1.70 bits per heavy atom. The normalized spacial score (nSPS) is 22.7. The molecule has 2 heterocycles. The number of epoxide rings is 1. The summed E-state index contributed by atoms with van der Waals surface area (Å²) in [5.41, 5.74) is 2.33. The van der Waals surface area contributed by atoms with Gasteiger partial charge < -0.3 is 4.74 Å². The smallest absolute Gasteiger partial charge is 0.108 e. The summed E-state index contributed by atoms with van der Waals surface area (Å²) >= 11 is 0. The zero-order valence-electron chi connectivity index (χ0n) is 5.87. The van der Waals surface area contributed by atoms with Crippen LogP contribution >= 0.6 is 0 Å². The molecule has 0 bridgehead atoms. The van der Waals surface area contributed by atoms with E-state index in [1.807, 2.05) is 13.0 Å². The molecule has 0 aromatic carbocycles. The highest BCUT2D eigenvalue weighted by Gasteiger charge is 2.26. The van der Waals surface area contributed by atoms with E-state index in [1.54, 1.807) is 6.20 Å². The number of aryl methyl sites for hydroxylation is 1. The summed E-state index contributed by atoms with van der Waals surface area (Å²) in [5, 5.41) is 0. The lowest BCUT2D eigenvalue weighted by atomic mass is 10.1. The first-order chi connectivity index (χ1) is 4.88. The molecule has 1 saturated heterocycles. The average Bonchev–Trinajstić information content (AvgIpc) is 2.71. The first kappa shape index (κ1) is 5.86. The molecular weight excluding hydrogens is 126 g/mol. The van der Waals surface area contributed by atoms with Crippen molar-refractivity contribution in [2.24, 2.45) is 0 Å². The molecule has 1 fully saturated rings. The summed E-state index contributed by atoms with van der Waals surface area (Å²) < 4.78 is 5.14. The molecule has 52 valence electrons. The van der Waals surface area contributed by atoms with Crippen molar-refractivity contribution < 1.29 is 4.74 Å². The average molecular weight is 135 g/mol. The molecule has 1 aromatic heterocycles. The zero-order chi connectivity index (χ0) is 6.97. The van der Waals surface area contributed by atoms with Gasteiger partial charge in [-0.25, -0.2) is 0 Å². The lowest BCUT2D eigenvalue weighted by Gasteiger charge is -1.97. The maximum atomic E-state index is 5.14. The summed E-state index contributed by atoms with van der Waals surface area (Å²) in [4.78, 5) is 4.16. The number of rotatable bonds is 1. The van der Waals surface area contributed by atoms with Gasteiger partial charge in [0.05, 0.1) is 6.61 Å². The third-order valence-corrected chi connectivity index (χ3v) is 1.73. The maximum absolute atomic E-state index is 5.14. The second kappa shape index (κ2) is 2.06. The number of pyridine rings is 1. The van der Waals surface area contributed by atoms with Crippen molar-refractivity contribution in [2.75, 3.05) is 6.61 Å². The molecular formula is C8H9NO. The van der Waals surface area contributed by atoms with Crippen molar-refractivity contribution in [3.8, 4) is 0 Å². The van der Waals surface area contributed by atoms with Crippen molar-refractivity contribution in [1.82, 2.24) is 4.98 Å². The van der Waals surface area contributed by atoms with Gasteiger partial charge in [0.25, 0.3) is 0 Å². The highest BCUT2D eigenvalue weighted by molar-refractivity contribution is 5.23. The van der Waals surface area contributed by atoms with Crippen LogP contribution in [0.1, 0.15) is 17.4 Å². The molecule has 1 aliphatic rings. The van der Waals surface area contributed by atoms with Crippen molar-refractivity contribution in [3.63, 3.8) is 0 Å². The second-order valence-corrected chi connectivity index (χ2v) is 2.50. The van der Waals surface area contributed by atoms with E-state index < -0.39 is 0 Å². The zero-order valence-corrected chi connectivity index (χ0v) is 5.87. The Balaban J connectivity index is 2.39. The van der Waals surface area contributed by atoms with E-state index in [4.69, 9.17) is 4.74 Å². The molecule has 2 rings (SSSR count). The largest absolute Gasteiger partial charge is 0.368 e. The summed E-state index contributed by atoms with van der Waals surface area (Å²) in [6, 6.07) is 4.02. The molecule has 10 heavy (non-hydrogen) atoms. The first-order valence-corrected chi connectivity index (χ1v) is 3.41. The quantitative estimate of drug-likeness (QED) is 0.545. The van der Waals surface area contributed by atoms with Gasteiger partial charge in [-0.3, -0.25) is 4.98 Å². The highest BCUT2D eigenvalue weighted by Crippen LogP contribution is 2.30. The molecule has 2 nitrogen and oxygen atoms in total. The van der Waals surface area contributed by atoms with Gasteiger partial charge in [0.15, 0.2) is 0 Å². The number of hydrogen-bond acceptors (Lipinski definition) is 2. The molecule has 2 heteroatoms. The summed E-state index contributed by atoms with van der Waals surface area (Å²) in [5.74, 6) is 0. The van der Waals surface area contributed by atoms with Crippen LogP contribution in [0.4, 0.5) is 0 Å². The SMILES string of the molecule is Cc1ncccc1C1CO1. The first-order valence-electron chi connectivity index (χ1n) is 3.41. The number of hydrogen-bond donors (Lipinski definition) is 0. The van der Waals surface area contributed by atoms with E-state index in [1.165, 1.54) is 5.56 Å². The lowest BCUT2D eigenvalue weighted by Crippen LogP contribution is -1.88. The number of aromatic nitrogens is 1. The van der Waals surface area contributed by atoms with E-state index in [9.17, 15) is 0 Å². The van der Waals surface area contributed by atoms with Gasteiger partial charge in [-0.2, -0.15) is 0 Å². The summed E-state index contributed by atoms with van der Waals surface area (Å²) in [6.45, 7) is 2.88. The van der Waals surface area contributed by atoms with E-state index in [0.717, 1.165) is 12.3 Å². The van der Waals surface area contributed by atoms with Gasteiger partial charge in [0.1, 0.15) is 6.10 Å². The van der Waals surface area contributed by atoms with Gasteiger partial charge in [-0.15, -0.1) is 0 Å². The minimum absolute atomic E-state index is 0.341. The molecule has 0 amide bonds. The van der Waals surface area contributed by atoms with Crippen LogP contribution < -0.4 is 0 Å². The van der Waals surface area contributed by atoms with Gasteiger partial charge in [0, 0.05) is 17.5 Å². The third-order valence-electron chi connectivity index (χ3n) is 1.73. The van der Waals surface area contributed by atoms with Crippen LogP contribution in [0.2, 0.25) is 0 Å². The molecule has 1 unspecified atom stereocenters. The van der Waals surface area contributed by atoms with Gasteiger partial charge >= 0.3 is 0 Å². The standard InChI is InChI=1S/C8H9NO/c1-6-7(8-5-10-8)3-2-4-9-6/h2-4,8H,5H2,1H3. The van der Waals surface area contributed by atoms with Gasteiger partial charge in [0.2, 0.25) is 0 Å². The summed E-state index contributed by atoms with van der Waals surface area (Å²) in [7, 11) is 0. The predicted molar refractivity (Wildman–Crippen MR) is 37.7 cm³/mol. The van der Waals surface area contributed by atoms with Crippen molar-refractivity contribution in [3.05, 3.63) is 29.6 Å². The Morgan fingerprint density at radius 3 is 3.10 bits per heavy atom. The predicted octanol–water partition coefficient (Wildman–Crippen LogP) is 1.46. The van der Waals surface area contributed by atoms with Crippen LogP contribution in [-0.2, 0) is 4.74 Å². The van der Waals surface area contributed by atoms with Gasteiger partial charge in [-0.05, 0) is 13.0 Å². The van der Waals surface area contributed by atoms with E-state index in [2.05, 4.69) is 11.1 Å². The van der Waals surface area contributed by atoms with Crippen LogP contribution in [0.15, 0.2) is 18.3 Å². The van der Waals surface area contributed by atoms with Crippen LogP contribution in [0.25, 0.3) is 0 Å². The fourth-order valence-corrected chi connectivity index (χ4v) is 1.06. The van der Waals surface area contributed by atoms with Crippen molar-refractivity contribution in [1.29, 1.82) is 0 Å². The Kier molecular flexibility index (Phi) is 1.21. The van der Waals surface area contributed by atoms with Crippen molar-refractivity contribution in [2.45, 2.75) is 13.0 Å². The lowest BCUT2D eigenvalue weighted by molar-refractivity contribution is 0.414. The maximum Gasteiger partial charge on any atom is 0.108 e. The van der Waals surface area contributed by atoms with Crippen LogP contribution in [0, 0.1) is 6.92 Å². The molecule has 1 aromatic rings. The minimum atomic E-state index is 0.341. The van der Waals surface area contributed by atoms with E-state index >= 15 is 0 Å².